The van der Waals surface area contributed by atoms with Gasteiger partial charge in [0, 0.05) is 6.10 Å². The SMILES string of the molecule is C/C=C/[Si]OC(C)CC. The second kappa shape index (κ2) is 6.04. The number of allylic oxidation sites excluding steroid dienone is 1. The van der Waals surface area contributed by atoms with E-state index >= 15 is 0 Å². The molecule has 0 heterocycles. The number of hydrogen-bond donors (Lipinski definition) is 0. The first-order valence-electron chi connectivity index (χ1n) is 3.33. The topological polar surface area (TPSA) is 9.23 Å². The van der Waals surface area contributed by atoms with Gasteiger partial charge in [0.15, 0.2) is 0 Å². The summed E-state index contributed by atoms with van der Waals surface area (Å²) in [6.45, 7) is 6.23. The lowest BCUT2D eigenvalue weighted by molar-refractivity contribution is 0.233. The summed E-state index contributed by atoms with van der Waals surface area (Å²) < 4.78 is 5.37. The molecule has 0 saturated carbocycles. The van der Waals surface area contributed by atoms with Crippen LogP contribution in [0.1, 0.15) is 27.2 Å². The Bertz CT molecular complexity index is 81.0. The Kier molecular flexibility index (Phi) is 5.99. The summed E-state index contributed by atoms with van der Waals surface area (Å²) in [4.78, 5) is 0. The van der Waals surface area contributed by atoms with Crippen LogP contribution < -0.4 is 0 Å². The van der Waals surface area contributed by atoms with Gasteiger partial charge in [-0.25, -0.2) is 0 Å². The molecule has 0 aromatic carbocycles. The van der Waals surface area contributed by atoms with E-state index in [0.29, 0.717) is 15.9 Å². The van der Waals surface area contributed by atoms with Crippen molar-refractivity contribution in [3.63, 3.8) is 0 Å². The minimum absolute atomic E-state index is 0.416. The summed E-state index contributed by atoms with van der Waals surface area (Å²) in [6, 6.07) is 0. The Morgan fingerprint density at radius 1 is 1.67 bits per heavy atom. The molecule has 0 bridgehead atoms. The lowest BCUT2D eigenvalue weighted by atomic mass is 10.3. The molecule has 0 N–H and O–H groups in total. The third-order valence-corrected chi connectivity index (χ3v) is 2.09. The standard InChI is InChI=1S/C7H14OSi/c1-4-6-9-8-7(3)5-2/h4,6-7H,5H2,1-3H3/b6-4+. The van der Waals surface area contributed by atoms with Crippen molar-refractivity contribution in [2.75, 3.05) is 0 Å². The van der Waals surface area contributed by atoms with Crippen molar-refractivity contribution in [3.05, 3.63) is 11.8 Å². The van der Waals surface area contributed by atoms with E-state index in [0.717, 1.165) is 6.42 Å². The van der Waals surface area contributed by atoms with Crippen LogP contribution in [0.3, 0.4) is 0 Å². The molecule has 0 rings (SSSR count). The van der Waals surface area contributed by atoms with E-state index in [4.69, 9.17) is 4.43 Å². The first-order valence-corrected chi connectivity index (χ1v) is 4.32. The zero-order valence-electron chi connectivity index (χ0n) is 6.35. The fourth-order valence-electron chi connectivity index (χ4n) is 0.307. The smallest absolute Gasteiger partial charge is 0.260 e. The maximum Gasteiger partial charge on any atom is 0.260 e. The van der Waals surface area contributed by atoms with E-state index in [-0.39, 0.29) is 0 Å². The molecule has 2 radical (unpaired) electrons. The average molecular weight is 142 g/mol. The Morgan fingerprint density at radius 2 is 2.33 bits per heavy atom. The largest absolute Gasteiger partial charge is 0.409 e. The summed E-state index contributed by atoms with van der Waals surface area (Å²) in [5, 5.41) is 0. The molecule has 9 heavy (non-hydrogen) atoms. The van der Waals surface area contributed by atoms with Crippen LogP contribution in [0.5, 0.6) is 0 Å². The predicted molar refractivity (Wildman–Crippen MR) is 41.4 cm³/mol. The van der Waals surface area contributed by atoms with E-state index in [1.807, 2.05) is 18.7 Å². The Labute approximate surface area is 60.1 Å². The summed E-state index contributed by atoms with van der Waals surface area (Å²) in [6.07, 6.45) is 3.53. The molecule has 1 unspecified atom stereocenters. The quantitative estimate of drug-likeness (QED) is 0.545. The van der Waals surface area contributed by atoms with Crippen molar-refractivity contribution in [1.29, 1.82) is 0 Å². The molecule has 2 heteroatoms. The van der Waals surface area contributed by atoms with Gasteiger partial charge in [-0.1, -0.05) is 18.7 Å². The van der Waals surface area contributed by atoms with Crippen LogP contribution in [-0.4, -0.2) is 15.9 Å². The average Bonchev–Trinajstić information content (AvgIpc) is 1.89. The van der Waals surface area contributed by atoms with E-state index < -0.39 is 0 Å². The zero-order chi connectivity index (χ0) is 7.11. The normalized spacial score (nSPS) is 14.6. The van der Waals surface area contributed by atoms with Crippen molar-refractivity contribution in [2.24, 2.45) is 0 Å². The van der Waals surface area contributed by atoms with Gasteiger partial charge in [-0.05, 0) is 20.3 Å². The van der Waals surface area contributed by atoms with Crippen molar-refractivity contribution in [3.8, 4) is 0 Å². The molecule has 0 spiro atoms. The summed E-state index contributed by atoms with van der Waals surface area (Å²) in [5.74, 6) is 0. The maximum atomic E-state index is 5.37. The summed E-state index contributed by atoms with van der Waals surface area (Å²) in [7, 11) is 0.539. The molecule has 0 saturated heterocycles. The Morgan fingerprint density at radius 3 is 2.78 bits per heavy atom. The van der Waals surface area contributed by atoms with Gasteiger partial charge in [0.1, 0.15) is 0 Å². The predicted octanol–water partition coefficient (Wildman–Crippen LogP) is 1.95. The molecule has 0 aromatic heterocycles. The molecule has 0 amide bonds. The Hall–Kier alpha value is -0.0831. The molecule has 1 nitrogen and oxygen atoms in total. The van der Waals surface area contributed by atoms with E-state index in [2.05, 4.69) is 13.8 Å². The highest BCUT2D eigenvalue weighted by Crippen LogP contribution is 1.93. The molecule has 1 atom stereocenters. The molecular formula is C7H14OSi. The second-order valence-corrected chi connectivity index (χ2v) is 2.76. The first-order chi connectivity index (χ1) is 4.31. The van der Waals surface area contributed by atoms with Crippen molar-refractivity contribution >= 4 is 9.76 Å². The molecule has 0 fully saturated rings. The van der Waals surface area contributed by atoms with Crippen LogP contribution in [0.2, 0.25) is 0 Å². The summed E-state index contributed by atoms with van der Waals surface area (Å²) in [5.41, 5.74) is 2.05. The second-order valence-electron chi connectivity index (χ2n) is 1.95. The molecule has 0 aliphatic heterocycles. The molecule has 52 valence electrons. The fraction of sp³-hybridized carbons (Fsp3) is 0.714. The molecule has 0 aromatic rings. The van der Waals surface area contributed by atoms with Crippen LogP contribution in [0.15, 0.2) is 11.8 Å². The van der Waals surface area contributed by atoms with Crippen molar-refractivity contribution in [1.82, 2.24) is 0 Å². The van der Waals surface area contributed by atoms with Gasteiger partial charge in [-0.15, -0.1) is 0 Å². The van der Waals surface area contributed by atoms with Gasteiger partial charge >= 0.3 is 0 Å². The number of rotatable bonds is 4. The minimum atomic E-state index is 0.416. The minimum Gasteiger partial charge on any atom is -0.409 e. The molecule has 0 aliphatic rings. The van der Waals surface area contributed by atoms with Crippen LogP contribution in [0.25, 0.3) is 0 Å². The van der Waals surface area contributed by atoms with Gasteiger partial charge in [0.2, 0.25) is 0 Å². The zero-order valence-corrected chi connectivity index (χ0v) is 7.35. The molecule has 0 aliphatic carbocycles. The van der Waals surface area contributed by atoms with Gasteiger partial charge in [0.25, 0.3) is 9.76 Å². The van der Waals surface area contributed by atoms with E-state index in [9.17, 15) is 0 Å². The summed E-state index contributed by atoms with van der Waals surface area (Å²) >= 11 is 0. The first kappa shape index (κ1) is 8.92. The van der Waals surface area contributed by atoms with Gasteiger partial charge in [-0.2, -0.15) is 0 Å². The van der Waals surface area contributed by atoms with Crippen LogP contribution in [-0.2, 0) is 4.43 Å². The third-order valence-electron chi connectivity index (χ3n) is 1.08. The van der Waals surface area contributed by atoms with E-state index in [1.54, 1.807) is 0 Å². The van der Waals surface area contributed by atoms with E-state index in [1.165, 1.54) is 0 Å². The van der Waals surface area contributed by atoms with Gasteiger partial charge in [-0.3, -0.25) is 0 Å². The van der Waals surface area contributed by atoms with Gasteiger partial charge < -0.3 is 4.43 Å². The van der Waals surface area contributed by atoms with Crippen LogP contribution >= 0.6 is 0 Å². The lowest BCUT2D eigenvalue weighted by Crippen LogP contribution is -2.08. The van der Waals surface area contributed by atoms with Crippen molar-refractivity contribution < 1.29 is 4.43 Å². The third kappa shape index (κ3) is 5.79. The fourth-order valence-corrected chi connectivity index (χ4v) is 0.920. The molecular weight excluding hydrogens is 128 g/mol. The highest BCUT2D eigenvalue weighted by molar-refractivity contribution is 6.34. The Balaban J connectivity index is 3.06. The highest BCUT2D eigenvalue weighted by Gasteiger charge is 1.94. The van der Waals surface area contributed by atoms with Gasteiger partial charge in [0.05, 0.1) is 0 Å². The lowest BCUT2D eigenvalue weighted by Gasteiger charge is -2.05. The van der Waals surface area contributed by atoms with Crippen LogP contribution in [0, 0.1) is 0 Å². The number of hydrogen-bond acceptors (Lipinski definition) is 1. The van der Waals surface area contributed by atoms with Crippen LogP contribution in [0.4, 0.5) is 0 Å². The van der Waals surface area contributed by atoms with Crippen molar-refractivity contribution in [2.45, 2.75) is 33.3 Å². The highest BCUT2D eigenvalue weighted by atomic mass is 28.2. The maximum absolute atomic E-state index is 5.37. The monoisotopic (exact) mass is 142 g/mol.